The average Bonchev–Trinajstić information content (AvgIpc) is 2.32. The molecule has 0 aliphatic heterocycles. The Hall–Kier alpha value is -0.850. The fourth-order valence-electron chi connectivity index (χ4n) is 1.43. The normalized spacial score (nSPS) is 11.7. The van der Waals surface area contributed by atoms with E-state index in [0.29, 0.717) is 6.54 Å². The summed E-state index contributed by atoms with van der Waals surface area (Å²) in [5, 5.41) is -0.135. The summed E-state index contributed by atoms with van der Waals surface area (Å²) in [6.45, 7) is 2.48. The van der Waals surface area contributed by atoms with Gasteiger partial charge in [0.1, 0.15) is 5.02 Å². The third-order valence-corrected chi connectivity index (χ3v) is 4.19. The number of H-pyrrole nitrogens is 1. The highest BCUT2D eigenvalue weighted by molar-refractivity contribution is 7.89. The molecule has 0 saturated heterocycles. The summed E-state index contributed by atoms with van der Waals surface area (Å²) in [6.07, 6.45) is 5.12. The van der Waals surface area contributed by atoms with E-state index in [9.17, 15) is 13.2 Å². The second kappa shape index (κ2) is 6.92. The zero-order valence-corrected chi connectivity index (χ0v) is 11.8. The van der Waals surface area contributed by atoms with Crippen molar-refractivity contribution in [3.05, 3.63) is 27.6 Å². The zero-order chi connectivity index (χ0) is 13.6. The highest BCUT2D eigenvalue weighted by Gasteiger charge is 2.14. The molecule has 7 heteroatoms. The van der Waals surface area contributed by atoms with Gasteiger partial charge >= 0.3 is 0 Å². The summed E-state index contributed by atoms with van der Waals surface area (Å²) in [6, 6.07) is 1.15. The summed E-state index contributed by atoms with van der Waals surface area (Å²) >= 11 is 5.59. The van der Waals surface area contributed by atoms with Crippen LogP contribution < -0.4 is 10.3 Å². The van der Waals surface area contributed by atoms with E-state index in [1.165, 1.54) is 0 Å². The molecule has 1 aromatic heterocycles. The van der Waals surface area contributed by atoms with Crippen molar-refractivity contribution in [3.8, 4) is 0 Å². The lowest BCUT2D eigenvalue weighted by molar-refractivity contribution is 0.573. The molecule has 102 valence electrons. The van der Waals surface area contributed by atoms with E-state index in [4.69, 9.17) is 11.6 Å². The van der Waals surface area contributed by atoms with Crippen molar-refractivity contribution in [2.45, 2.75) is 37.5 Å². The van der Waals surface area contributed by atoms with Crippen molar-refractivity contribution in [2.24, 2.45) is 0 Å². The number of halogens is 1. The van der Waals surface area contributed by atoms with E-state index in [1.54, 1.807) is 0 Å². The molecule has 1 aromatic rings. The minimum absolute atomic E-state index is 0.0254. The minimum Gasteiger partial charge on any atom is -0.326 e. The zero-order valence-electron chi connectivity index (χ0n) is 10.2. The van der Waals surface area contributed by atoms with Crippen LogP contribution in [-0.2, 0) is 10.0 Å². The third kappa shape index (κ3) is 4.44. The maximum absolute atomic E-state index is 11.8. The highest BCUT2D eigenvalue weighted by Crippen LogP contribution is 2.10. The molecule has 1 rings (SSSR count). The van der Waals surface area contributed by atoms with Gasteiger partial charge in [-0.3, -0.25) is 4.79 Å². The average molecular weight is 293 g/mol. The van der Waals surface area contributed by atoms with Crippen LogP contribution in [-0.4, -0.2) is 19.9 Å². The topological polar surface area (TPSA) is 79.0 Å². The van der Waals surface area contributed by atoms with E-state index in [-0.39, 0.29) is 9.92 Å². The van der Waals surface area contributed by atoms with Crippen molar-refractivity contribution in [1.29, 1.82) is 0 Å². The maximum Gasteiger partial charge on any atom is 0.266 e. The van der Waals surface area contributed by atoms with Crippen molar-refractivity contribution >= 4 is 21.6 Å². The van der Waals surface area contributed by atoms with E-state index in [0.717, 1.165) is 37.9 Å². The fraction of sp³-hybridized carbons (Fsp3) is 0.545. The van der Waals surface area contributed by atoms with E-state index in [1.807, 2.05) is 0 Å². The molecular formula is C11H17ClN2O3S. The first kappa shape index (κ1) is 15.2. The van der Waals surface area contributed by atoms with Gasteiger partial charge in [-0.2, -0.15) is 0 Å². The Balaban J connectivity index is 2.63. The SMILES string of the molecule is CCCCCCNS(=O)(=O)c1c[nH]c(=O)c(Cl)c1. The van der Waals surface area contributed by atoms with Crippen molar-refractivity contribution < 1.29 is 8.42 Å². The molecule has 0 aliphatic rings. The van der Waals surface area contributed by atoms with Gasteiger partial charge < -0.3 is 4.98 Å². The Morgan fingerprint density at radius 2 is 2.06 bits per heavy atom. The number of hydrogen-bond donors (Lipinski definition) is 2. The molecule has 0 unspecified atom stereocenters. The van der Waals surface area contributed by atoms with Crippen LogP contribution in [0.2, 0.25) is 5.02 Å². The summed E-state index contributed by atoms with van der Waals surface area (Å²) in [5.74, 6) is 0. The van der Waals surface area contributed by atoms with Crippen molar-refractivity contribution in [1.82, 2.24) is 9.71 Å². The smallest absolute Gasteiger partial charge is 0.266 e. The molecule has 0 aliphatic carbocycles. The molecule has 0 aromatic carbocycles. The Kier molecular flexibility index (Phi) is 5.84. The van der Waals surface area contributed by atoms with Crippen molar-refractivity contribution in [2.75, 3.05) is 6.54 Å². The predicted octanol–water partition coefficient (Wildman–Crippen LogP) is 1.89. The molecule has 2 N–H and O–H groups in total. The van der Waals surface area contributed by atoms with Gasteiger partial charge in [0.25, 0.3) is 5.56 Å². The Labute approximate surface area is 112 Å². The Morgan fingerprint density at radius 3 is 2.67 bits per heavy atom. The van der Waals surface area contributed by atoms with Gasteiger partial charge in [-0.25, -0.2) is 13.1 Å². The number of rotatable bonds is 7. The van der Waals surface area contributed by atoms with Crippen LogP contribution in [0.1, 0.15) is 32.6 Å². The number of sulfonamides is 1. The summed E-state index contributed by atoms with van der Waals surface area (Å²) in [4.78, 5) is 13.3. The number of aromatic amines is 1. The lowest BCUT2D eigenvalue weighted by Gasteiger charge is -2.06. The summed E-state index contributed by atoms with van der Waals surface area (Å²) < 4.78 is 26.1. The van der Waals surface area contributed by atoms with Gasteiger partial charge in [-0.15, -0.1) is 0 Å². The molecule has 0 bridgehead atoms. The van der Waals surface area contributed by atoms with Gasteiger partial charge in [0, 0.05) is 12.7 Å². The first-order chi connectivity index (χ1) is 8.47. The Bertz CT molecular complexity index is 539. The van der Waals surface area contributed by atoms with E-state index in [2.05, 4.69) is 16.6 Å². The lowest BCUT2D eigenvalue weighted by Crippen LogP contribution is -2.25. The largest absolute Gasteiger partial charge is 0.326 e. The third-order valence-electron chi connectivity index (χ3n) is 2.46. The van der Waals surface area contributed by atoms with Crippen LogP contribution >= 0.6 is 11.6 Å². The lowest BCUT2D eigenvalue weighted by atomic mass is 10.2. The molecule has 0 fully saturated rings. The van der Waals surface area contributed by atoms with Crippen LogP contribution in [0.4, 0.5) is 0 Å². The van der Waals surface area contributed by atoms with E-state index >= 15 is 0 Å². The predicted molar refractivity (Wildman–Crippen MR) is 71.4 cm³/mol. The quantitative estimate of drug-likeness (QED) is 0.753. The van der Waals surface area contributed by atoms with Crippen LogP contribution in [0.3, 0.4) is 0 Å². The second-order valence-electron chi connectivity index (χ2n) is 3.97. The molecule has 0 radical (unpaired) electrons. The van der Waals surface area contributed by atoms with Gasteiger partial charge in [-0.1, -0.05) is 37.8 Å². The minimum atomic E-state index is -3.59. The summed E-state index contributed by atoms with van der Waals surface area (Å²) in [5.41, 5.74) is -0.501. The number of aromatic nitrogens is 1. The molecular weight excluding hydrogens is 276 g/mol. The monoisotopic (exact) mass is 292 g/mol. The van der Waals surface area contributed by atoms with Crippen molar-refractivity contribution in [3.63, 3.8) is 0 Å². The molecule has 1 heterocycles. The van der Waals surface area contributed by atoms with E-state index < -0.39 is 15.6 Å². The molecule has 0 spiro atoms. The number of pyridine rings is 1. The molecule has 0 saturated carbocycles. The van der Waals surface area contributed by atoms with Gasteiger partial charge in [0.05, 0.1) is 4.90 Å². The van der Waals surface area contributed by atoms with Crippen LogP contribution in [0.15, 0.2) is 22.0 Å². The number of nitrogens with one attached hydrogen (secondary N) is 2. The van der Waals surface area contributed by atoms with Gasteiger partial charge in [-0.05, 0) is 12.5 Å². The standard InChI is InChI=1S/C11H17ClN2O3S/c1-2-3-4-5-6-14-18(16,17)9-7-10(12)11(15)13-8-9/h7-8,14H,2-6H2,1H3,(H,13,15). The van der Waals surface area contributed by atoms with Gasteiger partial charge in [0.2, 0.25) is 10.0 Å². The van der Waals surface area contributed by atoms with Crippen LogP contribution in [0, 0.1) is 0 Å². The second-order valence-corrected chi connectivity index (χ2v) is 6.15. The highest BCUT2D eigenvalue weighted by atomic mass is 35.5. The van der Waals surface area contributed by atoms with Crippen LogP contribution in [0.25, 0.3) is 0 Å². The Morgan fingerprint density at radius 1 is 1.33 bits per heavy atom. The fourth-order valence-corrected chi connectivity index (χ4v) is 2.74. The number of unbranched alkanes of at least 4 members (excludes halogenated alkanes) is 3. The molecule has 5 nitrogen and oxygen atoms in total. The maximum atomic E-state index is 11.8. The molecule has 0 amide bonds. The molecule has 0 atom stereocenters. The summed E-state index contributed by atoms with van der Waals surface area (Å²) in [7, 11) is -3.59. The van der Waals surface area contributed by atoms with Gasteiger partial charge in [0.15, 0.2) is 0 Å². The number of hydrogen-bond acceptors (Lipinski definition) is 3. The first-order valence-electron chi connectivity index (χ1n) is 5.85. The molecule has 18 heavy (non-hydrogen) atoms. The first-order valence-corrected chi connectivity index (χ1v) is 7.71. The van der Waals surface area contributed by atoms with Crippen LogP contribution in [0.5, 0.6) is 0 Å².